The lowest BCUT2D eigenvalue weighted by molar-refractivity contribution is 0.0721. The molecule has 5 nitrogen and oxygen atoms in total. The zero-order valence-corrected chi connectivity index (χ0v) is 9.68. The summed E-state index contributed by atoms with van der Waals surface area (Å²) in [5.74, 6) is 0.863. The maximum absolute atomic E-state index is 9.31. The third-order valence-corrected chi connectivity index (χ3v) is 2.76. The minimum atomic E-state index is -0.0106. The van der Waals surface area contributed by atoms with Gasteiger partial charge in [0.1, 0.15) is 0 Å². The number of aliphatic hydroxyl groups excluding tert-OH is 1. The first-order valence-electron chi connectivity index (χ1n) is 5.48. The molecule has 1 aliphatic heterocycles. The molecule has 0 aliphatic carbocycles. The fourth-order valence-corrected chi connectivity index (χ4v) is 1.88. The van der Waals surface area contributed by atoms with Crippen LogP contribution in [0, 0.1) is 13.8 Å². The Morgan fingerprint density at radius 1 is 1.56 bits per heavy atom. The predicted molar refractivity (Wildman–Crippen MR) is 60.5 cm³/mol. The summed E-state index contributed by atoms with van der Waals surface area (Å²) in [5.41, 5.74) is 1.79. The van der Waals surface area contributed by atoms with Gasteiger partial charge in [-0.25, -0.2) is 4.98 Å². The molecule has 0 aromatic carbocycles. The number of nitrogens with zero attached hydrogens (tertiary/aromatic N) is 3. The second-order valence-corrected chi connectivity index (χ2v) is 4.03. The standard InChI is InChI=1S/C11H17N3O2/c1-8-5-12-9(2)11(13-8)14-3-4-16-7-10(14)6-15/h5,10,15H,3-4,6-7H2,1-2H3. The number of morpholine rings is 1. The molecule has 0 bridgehead atoms. The van der Waals surface area contributed by atoms with Crippen LogP contribution in [0.4, 0.5) is 5.82 Å². The summed E-state index contributed by atoms with van der Waals surface area (Å²) < 4.78 is 5.34. The van der Waals surface area contributed by atoms with Gasteiger partial charge in [-0.15, -0.1) is 0 Å². The maximum atomic E-state index is 9.31. The van der Waals surface area contributed by atoms with Crippen LogP contribution in [-0.4, -0.2) is 47.5 Å². The van der Waals surface area contributed by atoms with Gasteiger partial charge in [-0.05, 0) is 13.8 Å². The lowest BCUT2D eigenvalue weighted by Crippen LogP contribution is -2.48. The van der Waals surface area contributed by atoms with Crippen molar-refractivity contribution in [3.8, 4) is 0 Å². The van der Waals surface area contributed by atoms with Gasteiger partial charge in [0.2, 0.25) is 0 Å². The highest BCUT2D eigenvalue weighted by atomic mass is 16.5. The normalized spacial score (nSPS) is 21.2. The highest BCUT2D eigenvalue weighted by molar-refractivity contribution is 5.44. The molecule has 1 N–H and O–H groups in total. The van der Waals surface area contributed by atoms with Crippen LogP contribution in [0.2, 0.25) is 0 Å². The van der Waals surface area contributed by atoms with Crippen molar-refractivity contribution in [2.45, 2.75) is 19.9 Å². The van der Waals surface area contributed by atoms with Gasteiger partial charge in [0.05, 0.1) is 37.3 Å². The number of aryl methyl sites for hydroxylation is 2. The molecular weight excluding hydrogens is 206 g/mol. The molecular formula is C11H17N3O2. The average molecular weight is 223 g/mol. The molecule has 1 fully saturated rings. The van der Waals surface area contributed by atoms with Crippen LogP contribution in [0.1, 0.15) is 11.4 Å². The van der Waals surface area contributed by atoms with Crippen LogP contribution in [0.5, 0.6) is 0 Å². The van der Waals surface area contributed by atoms with E-state index in [4.69, 9.17) is 4.74 Å². The van der Waals surface area contributed by atoms with E-state index in [0.29, 0.717) is 13.2 Å². The zero-order chi connectivity index (χ0) is 11.5. The summed E-state index contributed by atoms with van der Waals surface area (Å²) in [6, 6.07) is -0.0106. The van der Waals surface area contributed by atoms with Crippen LogP contribution < -0.4 is 4.90 Å². The molecule has 0 saturated carbocycles. The molecule has 5 heteroatoms. The second-order valence-electron chi connectivity index (χ2n) is 4.03. The number of ether oxygens (including phenoxy) is 1. The summed E-state index contributed by atoms with van der Waals surface area (Å²) in [7, 11) is 0. The fourth-order valence-electron chi connectivity index (χ4n) is 1.88. The second kappa shape index (κ2) is 4.76. The lowest BCUT2D eigenvalue weighted by atomic mass is 10.2. The van der Waals surface area contributed by atoms with Crippen LogP contribution in [0.15, 0.2) is 6.20 Å². The van der Waals surface area contributed by atoms with Crippen molar-refractivity contribution < 1.29 is 9.84 Å². The molecule has 16 heavy (non-hydrogen) atoms. The Morgan fingerprint density at radius 2 is 2.38 bits per heavy atom. The van der Waals surface area contributed by atoms with Crippen molar-refractivity contribution in [1.29, 1.82) is 0 Å². The van der Waals surface area contributed by atoms with Crippen molar-refractivity contribution in [2.75, 3.05) is 31.3 Å². The Labute approximate surface area is 95.1 Å². The number of hydrogen-bond donors (Lipinski definition) is 1. The summed E-state index contributed by atoms with van der Waals surface area (Å²) in [4.78, 5) is 10.9. The summed E-state index contributed by atoms with van der Waals surface area (Å²) in [6.07, 6.45) is 1.76. The van der Waals surface area contributed by atoms with E-state index in [9.17, 15) is 5.11 Å². The van der Waals surface area contributed by atoms with Crippen LogP contribution in [0.3, 0.4) is 0 Å². The van der Waals surface area contributed by atoms with E-state index in [2.05, 4.69) is 14.9 Å². The van der Waals surface area contributed by atoms with Gasteiger partial charge in [0.15, 0.2) is 5.82 Å². The first-order valence-corrected chi connectivity index (χ1v) is 5.48. The van der Waals surface area contributed by atoms with Crippen molar-refractivity contribution >= 4 is 5.82 Å². The van der Waals surface area contributed by atoms with E-state index < -0.39 is 0 Å². The fraction of sp³-hybridized carbons (Fsp3) is 0.636. The van der Waals surface area contributed by atoms with Crippen molar-refractivity contribution in [3.05, 3.63) is 17.6 Å². The SMILES string of the molecule is Cc1cnc(C)c(N2CCOCC2CO)n1. The van der Waals surface area contributed by atoms with Crippen LogP contribution >= 0.6 is 0 Å². The summed E-state index contributed by atoms with van der Waals surface area (Å²) >= 11 is 0. The van der Waals surface area contributed by atoms with E-state index in [1.807, 2.05) is 13.8 Å². The topological polar surface area (TPSA) is 58.5 Å². The lowest BCUT2D eigenvalue weighted by Gasteiger charge is -2.35. The van der Waals surface area contributed by atoms with Crippen molar-refractivity contribution in [1.82, 2.24) is 9.97 Å². The van der Waals surface area contributed by atoms with Gasteiger partial charge in [-0.2, -0.15) is 0 Å². The maximum Gasteiger partial charge on any atom is 0.150 e. The van der Waals surface area contributed by atoms with E-state index in [1.54, 1.807) is 6.20 Å². The smallest absolute Gasteiger partial charge is 0.150 e. The minimum absolute atomic E-state index is 0.0106. The van der Waals surface area contributed by atoms with Gasteiger partial charge in [-0.1, -0.05) is 0 Å². The average Bonchev–Trinajstić information content (AvgIpc) is 2.32. The van der Waals surface area contributed by atoms with Crippen molar-refractivity contribution in [2.24, 2.45) is 0 Å². The number of hydrogen-bond acceptors (Lipinski definition) is 5. The number of anilines is 1. The molecule has 0 amide bonds. The Balaban J connectivity index is 2.30. The molecule has 0 spiro atoms. The van der Waals surface area contributed by atoms with E-state index in [-0.39, 0.29) is 12.6 Å². The molecule has 1 aromatic rings. The third kappa shape index (κ3) is 2.15. The van der Waals surface area contributed by atoms with E-state index in [0.717, 1.165) is 23.8 Å². The largest absolute Gasteiger partial charge is 0.394 e. The molecule has 0 radical (unpaired) electrons. The minimum Gasteiger partial charge on any atom is -0.394 e. The van der Waals surface area contributed by atoms with Gasteiger partial charge in [0.25, 0.3) is 0 Å². The number of aromatic nitrogens is 2. The first kappa shape index (κ1) is 11.3. The zero-order valence-electron chi connectivity index (χ0n) is 9.68. The third-order valence-electron chi connectivity index (χ3n) is 2.76. The van der Waals surface area contributed by atoms with Crippen LogP contribution in [0.25, 0.3) is 0 Å². The number of rotatable bonds is 2. The quantitative estimate of drug-likeness (QED) is 0.781. The van der Waals surface area contributed by atoms with Crippen LogP contribution in [-0.2, 0) is 4.74 Å². The molecule has 1 saturated heterocycles. The predicted octanol–water partition coefficient (Wildman–Crippen LogP) is 0.291. The summed E-state index contributed by atoms with van der Waals surface area (Å²) in [6.45, 7) is 5.91. The summed E-state index contributed by atoms with van der Waals surface area (Å²) in [5, 5.41) is 9.31. The Hall–Kier alpha value is -1.20. The Morgan fingerprint density at radius 3 is 3.12 bits per heavy atom. The molecule has 1 aromatic heterocycles. The van der Waals surface area contributed by atoms with Gasteiger partial charge in [-0.3, -0.25) is 4.98 Å². The molecule has 1 aliphatic rings. The monoisotopic (exact) mass is 223 g/mol. The van der Waals surface area contributed by atoms with Gasteiger partial charge >= 0.3 is 0 Å². The van der Waals surface area contributed by atoms with Crippen molar-refractivity contribution in [3.63, 3.8) is 0 Å². The Kier molecular flexibility index (Phi) is 3.36. The number of aliphatic hydroxyl groups is 1. The van der Waals surface area contributed by atoms with E-state index >= 15 is 0 Å². The Bertz CT molecular complexity index is 370. The van der Waals surface area contributed by atoms with E-state index in [1.165, 1.54) is 0 Å². The molecule has 2 rings (SSSR count). The first-order chi connectivity index (χ1) is 7.72. The highest BCUT2D eigenvalue weighted by Gasteiger charge is 2.25. The molecule has 88 valence electrons. The molecule has 1 atom stereocenters. The molecule has 2 heterocycles. The highest BCUT2D eigenvalue weighted by Crippen LogP contribution is 2.20. The molecule has 1 unspecified atom stereocenters. The van der Waals surface area contributed by atoms with Gasteiger partial charge < -0.3 is 14.7 Å². The van der Waals surface area contributed by atoms with Gasteiger partial charge in [0, 0.05) is 12.7 Å².